The first-order valence-corrected chi connectivity index (χ1v) is 9.18. The molecule has 0 aliphatic heterocycles. The molecule has 2 aromatic heterocycles. The zero-order chi connectivity index (χ0) is 21.0. The Kier molecular flexibility index (Phi) is 11.6. The van der Waals surface area contributed by atoms with E-state index in [-0.39, 0.29) is 5.97 Å². The van der Waals surface area contributed by atoms with Crippen molar-refractivity contribution in [2.45, 2.75) is 53.5 Å². The van der Waals surface area contributed by atoms with E-state index in [1.54, 1.807) is 10.9 Å². The summed E-state index contributed by atoms with van der Waals surface area (Å²) in [5.41, 5.74) is 0.936. The first-order valence-electron chi connectivity index (χ1n) is 8.40. The summed E-state index contributed by atoms with van der Waals surface area (Å²) in [6, 6.07) is 0. The molecule has 0 unspecified atom stereocenters. The summed E-state index contributed by atoms with van der Waals surface area (Å²) in [6.07, 6.45) is 1.98. The molecule has 0 saturated carbocycles. The van der Waals surface area contributed by atoms with Crippen LogP contribution in [0.15, 0.2) is 10.6 Å². The number of hydrogen-bond donors (Lipinski definition) is 0. The van der Waals surface area contributed by atoms with E-state index in [9.17, 15) is 13.6 Å². The largest absolute Gasteiger partial charge is 0.469 e. The lowest BCUT2D eigenvalue weighted by Gasteiger charge is -2.05. The fourth-order valence-corrected chi connectivity index (χ4v) is 2.54. The highest BCUT2D eigenvalue weighted by Crippen LogP contribution is 2.24. The van der Waals surface area contributed by atoms with Gasteiger partial charge in [0.2, 0.25) is 11.6 Å². The highest BCUT2D eigenvalue weighted by molar-refractivity contribution is 7.09. The molecule has 2 rings (SSSR count). The molecule has 0 amide bonds. The van der Waals surface area contributed by atoms with Gasteiger partial charge in [-0.05, 0) is 6.92 Å². The molecule has 0 radical (unpaired) electrons. The van der Waals surface area contributed by atoms with Crippen molar-refractivity contribution >= 4 is 17.5 Å². The Morgan fingerprint density at radius 3 is 2.37 bits per heavy atom. The van der Waals surface area contributed by atoms with E-state index in [1.807, 2.05) is 27.7 Å². The molecule has 27 heavy (non-hydrogen) atoms. The van der Waals surface area contributed by atoms with Crippen LogP contribution in [0.2, 0.25) is 0 Å². The average molecular weight is 408 g/mol. The van der Waals surface area contributed by atoms with E-state index < -0.39 is 12.5 Å². The van der Waals surface area contributed by atoms with Crippen molar-refractivity contribution in [2.24, 2.45) is 0 Å². The molecule has 10 heteroatoms. The smallest absolute Gasteiger partial charge is 0.312 e. The lowest BCUT2D eigenvalue weighted by atomic mass is 10.3. The van der Waals surface area contributed by atoms with Crippen LogP contribution in [0.5, 0.6) is 0 Å². The molecule has 154 valence electrons. The van der Waals surface area contributed by atoms with Crippen molar-refractivity contribution in [1.29, 1.82) is 0 Å². The van der Waals surface area contributed by atoms with E-state index in [2.05, 4.69) is 18.9 Å². The lowest BCUT2D eigenvalue weighted by molar-refractivity contribution is -0.750. The van der Waals surface area contributed by atoms with Crippen molar-refractivity contribution in [3.63, 3.8) is 0 Å². The number of nitrogens with zero attached hydrogens (tertiary/aromatic N) is 3. The minimum Gasteiger partial charge on any atom is -0.469 e. The average Bonchev–Trinajstić information content (AvgIpc) is 3.19. The number of carbonyl (C=O) groups excluding carboxylic acids is 1. The summed E-state index contributed by atoms with van der Waals surface area (Å²) in [4.78, 5) is 16.1. The molecule has 0 aliphatic rings. The number of methoxy groups -OCH3 is 2. The van der Waals surface area contributed by atoms with Crippen molar-refractivity contribution < 1.29 is 32.1 Å². The minimum atomic E-state index is -2.67. The van der Waals surface area contributed by atoms with E-state index in [4.69, 9.17) is 4.42 Å². The van der Waals surface area contributed by atoms with Gasteiger partial charge >= 0.3 is 5.97 Å². The Labute approximate surface area is 162 Å². The van der Waals surface area contributed by atoms with Crippen molar-refractivity contribution in [3.05, 3.63) is 17.7 Å². The number of aryl methyl sites for hydroxylation is 2. The maximum Gasteiger partial charge on any atom is 0.312 e. The number of esters is 1. The number of halogens is 2. The van der Waals surface area contributed by atoms with E-state index in [1.165, 1.54) is 25.8 Å². The third-order valence-corrected chi connectivity index (χ3v) is 3.85. The van der Waals surface area contributed by atoms with Crippen LogP contribution in [-0.4, -0.2) is 42.2 Å². The van der Waals surface area contributed by atoms with E-state index in [0.29, 0.717) is 18.9 Å². The SMILES string of the molecule is CC.COC(=O)CC[n+]1nsc(-c2ncc(C)o2)c1C.COCC(C)(F)F. The quantitative estimate of drug-likeness (QED) is 0.537. The minimum absolute atomic E-state index is 0.247. The predicted molar refractivity (Wildman–Crippen MR) is 97.8 cm³/mol. The Hall–Kier alpha value is -1.94. The normalized spacial score (nSPS) is 10.4. The second-order valence-corrected chi connectivity index (χ2v) is 6.07. The summed E-state index contributed by atoms with van der Waals surface area (Å²) in [7, 11) is 2.62. The van der Waals surface area contributed by atoms with Gasteiger partial charge in [-0.2, -0.15) is 0 Å². The molecule has 0 fully saturated rings. The van der Waals surface area contributed by atoms with Gasteiger partial charge in [-0.1, -0.05) is 18.5 Å². The van der Waals surface area contributed by atoms with Crippen molar-refractivity contribution in [1.82, 2.24) is 9.47 Å². The number of carbonyl (C=O) groups is 1. The molecule has 0 bridgehead atoms. The molecule has 0 aliphatic carbocycles. The fourth-order valence-electron chi connectivity index (χ4n) is 1.75. The summed E-state index contributed by atoms with van der Waals surface area (Å²) >= 11 is 1.31. The van der Waals surface area contributed by atoms with Gasteiger partial charge in [-0.15, -0.1) is 0 Å². The third kappa shape index (κ3) is 9.53. The third-order valence-electron chi connectivity index (χ3n) is 2.92. The molecular weight excluding hydrogens is 380 g/mol. The van der Waals surface area contributed by atoms with Crippen molar-refractivity contribution in [3.8, 4) is 10.8 Å². The molecule has 2 aromatic rings. The monoisotopic (exact) mass is 408 g/mol. The number of aromatic nitrogens is 3. The molecule has 0 N–H and O–H groups in total. The molecule has 0 spiro atoms. The summed E-state index contributed by atoms with van der Waals surface area (Å²) in [5.74, 6) is -1.59. The Bertz CT molecular complexity index is 684. The highest BCUT2D eigenvalue weighted by atomic mass is 32.1. The van der Waals surface area contributed by atoms with Crippen LogP contribution < -0.4 is 4.68 Å². The first kappa shape index (κ1) is 25.1. The van der Waals surface area contributed by atoms with Gasteiger partial charge in [-0.25, -0.2) is 13.8 Å². The number of oxazole rings is 1. The van der Waals surface area contributed by atoms with Gasteiger partial charge in [-0.3, -0.25) is 4.79 Å². The zero-order valence-corrected chi connectivity index (χ0v) is 17.7. The molecule has 2 heterocycles. The van der Waals surface area contributed by atoms with Crippen molar-refractivity contribution in [2.75, 3.05) is 20.8 Å². The predicted octanol–water partition coefficient (Wildman–Crippen LogP) is 3.58. The molecular formula is C17H28F2N3O4S+. The van der Waals surface area contributed by atoms with Gasteiger partial charge < -0.3 is 13.9 Å². The maximum atomic E-state index is 11.6. The van der Waals surface area contributed by atoms with Gasteiger partial charge in [0.15, 0.2) is 11.4 Å². The summed E-state index contributed by atoms with van der Waals surface area (Å²) < 4.78 is 43.4. The standard InChI is InChI=1S/C11H14N3O3S.C4H8F2O.C2H6/c1-7-6-12-11(17-7)10-8(2)14(13-18-10)5-4-9(15)16-3;1-4(5,6)3-7-2;1-2/h6H,4-5H2,1-3H3;3H2,1-2H3;1-2H3/q+1;;. The number of ether oxygens (including phenoxy) is 2. The second-order valence-electron chi connectivity index (χ2n) is 5.32. The Balaban J connectivity index is 0.000000637. The van der Waals surface area contributed by atoms with Gasteiger partial charge in [0.25, 0.3) is 5.92 Å². The van der Waals surface area contributed by atoms with Crippen LogP contribution in [0, 0.1) is 13.8 Å². The number of rotatable bonds is 6. The van der Waals surface area contributed by atoms with Gasteiger partial charge in [0.05, 0.1) is 17.8 Å². The Morgan fingerprint density at radius 1 is 1.33 bits per heavy atom. The number of hydrogen-bond acceptors (Lipinski definition) is 7. The van der Waals surface area contributed by atoms with E-state index >= 15 is 0 Å². The fraction of sp³-hybridized carbons (Fsp3) is 0.647. The van der Waals surface area contributed by atoms with Crippen LogP contribution in [0.25, 0.3) is 10.8 Å². The second kappa shape index (κ2) is 12.4. The topological polar surface area (TPSA) is 78.3 Å². The van der Waals surface area contributed by atoms with Crippen LogP contribution in [-0.2, 0) is 20.8 Å². The zero-order valence-electron chi connectivity index (χ0n) is 16.8. The van der Waals surface area contributed by atoms with Crippen LogP contribution in [0.1, 0.15) is 38.6 Å². The van der Waals surface area contributed by atoms with E-state index in [0.717, 1.165) is 23.3 Å². The lowest BCUT2D eigenvalue weighted by Crippen LogP contribution is -2.39. The van der Waals surface area contributed by atoms with Gasteiger partial charge in [0, 0.05) is 32.5 Å². The Morgan fingerprint density at radius 2 is 1.96 bits per heavy atom. The summed E-state index contributed by atoms with van der Waals surface area (Å²) in [5, 5.41) is 0. The van der Waals surface area contributed by atoms with Gasteiger partial charge in [0.1, 0.15) is 18.8 Å². The molecule has 0 aromatic carbocycles. The van der Waals surface area contributed by atoms with Crippen LogP contribution in [0.4, 0.5) is 8.78 Å². The first-order chi connectivity index (χ1) is 12.7. The molecule has 0 saturated heterocycles. The maximum absolute atomic E-state index is 11.6. The van der Waals surface area contributed by atoms with Crippen LogP contribution >= 0.6 is 11.5 Å². The molecule has 7 nitrogen and oxygen atoms in total. The highest BCUT2D eigenvalue weighted by Gasteiger charge is 2.23. The van der Waals surface area contributed by atoms with Crippen LogP contribution in [0.3, 0.4) is 0 Å². The molecule has 0 atom stereocenters. The number of alkyl halides is 2. The summed E-state index contributed by atoms with van der Waals surface area (Å²) in [6.45, 7) is 8.59.